The number of thioether (sulfide) groups is 1. The van der Waals surface area contributed by atoms with Crippen molar-refractivity contribution >= 4 is 47.8 Å². The Morgan fingerprint density at radius 1 is 1.18 bits per heavy atom. The maximum absolute atomic E-state index is 13.1. The molecule has 1 aliphatic rings. The number of benzene rings is 2. The fourth-order valence-electron chi connectivity index (χ4n) is 4.00. The summed E-state index contributed by atoms with van der Waals surface area (Å²) in [6.45, 7) is 1.42. The van der Waals surface area contributed by atoms with E-state index >= 15 is 0 Å². The Morgan fingerprint density at radius 3 is 2.50 bits per heavy atom. The summed E-state index contributed by atoms with van der Waals surface area (Å²) in [5.41, 5.74) is 2.07. The molecule has 8 nitrogen and oxygen atoms in total. The topological polar surface area (TPSA) is 119 Å². The number of aliphatic carboxylic acids is 1. The van der Waals surface area contributed by atoms with Gasteiger partial charge >= 0.3 is 12.1 Å². The van der Waals surface area contributed by atoms with E-state index in [1.165, 1.54) is 16.7 Å². The SMILES string of the molecule is CSCCC(NC(=O)c1ccc(N(C(=O)O)C2CCCNC2)cc1-c1ccccc1)C(=O)O.Cl. The number of rotatable bonds is 9. The molecule has 4 N–H and O–H groups in total. The predicted octanol–water partition coefficient (Wildman–Crippen LogP) is 3.95. The normalized spacial score (nSPS) is 16.1. The van der Waals surface area contributed by atoms with E-state index in [1.807, 2.05) is 36.6 Å². The molecule has 0 saturated carbocycles. The summed E-state index contributed by atoms with van der Waals surface area (Å²) in [6, 6.07) is 12.9. The Morgan fingerprint density at radius 2 is 1.91 bits per heavy atom. The first-order chi connectivity index (χ1) is 15.9. The summed E-state index contributed by atoms with van der Waals surface area (Å²) in [7, 11) is 0. The van der Waals surface area contributed by atoms with Gasteiger partial charge in [-0.05, 0) is 67.1 Å². The molecule has 2 unspecified atom stereocenters. The van der Waals surface area contributed by atoms with Crippen molar-refractivity contribution in [3.8, 4) is 11.1 Å². The molecule has 1 fully saturated rings. The third kappa shape index (κ3) is 6.88. The molecule has 0 radical (unpaired) electrons. The molecule has 2 amide bonds. The first-order valence-electron chi connectivity index (χ1n) is 10.9. The molecule has 2 aromatic carbocycles. The van der Waals surface area contributed by atoms with Gasteiger partial charge in [0.1, 0.15) is 6.04 Å². The number of carbonyl (C=O) groups is 3. The van der Waals surface area contributed by atoms with Crippen LogP contribution in [0.4, 0.5) is 10.5 Å². The van der Waals surface area contributed by atoms with Crippen LogP contribution < -0.4 is 15.5 Å². The number of carboxylic acid groups (broad SMARTS) is 2. The second-order valence-corrected chi connectivity index (χ2v) is 8.88. The largest absolute Gasteiger partial charge is 0.480 e. The van der Waals surface area contributed by atoms with Crippen LogP contribution in [0.15, 0.2) is 48.5 Å². The standard InChI is InChI=1S/C24H29N3O5S.ClH/c1-33-13-11-21(23(29)30)26-22(28)19-10-9-17(14-20(19)16-6-3-2-4-7-16)27(24(31)32)18-8-5-12-25-15-18;/h2-4,6-7,9-10,14,18,21,25H,5,8,11-13,15H2,1H3,(H,26,28)(H,29,30)(H,31,32);1H. The minimum absolute atomic E-state index is 0. The highest BCUT2D eigenvalue weighted by molar-refractivity contribution is 7.98. The highest BCUT2D eigenvalue weighted by Crippen LogP contribution is 2.31. The van der Waals surface area contributed by atoms with Gasteiger partial charge in [-0.2, -0.15) is 11.8 Å². The Labute approximate surface area is 209 Å². The number of anilines is 1. The van der Waals surface area contributed by atoms with Gasteiger partial charge in [0.05, 0.1) is 6.04 Å². The Kier molecular flexibility index (Phi) is 10.7. The molecule has 10 heteroatoms. The molecule has 3 rings (SSSR count). The lowest BCUT2D eigenvalue weighted by atomic mass is 9.97. The van der Waals surface area contributed by atoms with Gasteiger partial charge in [0, 0.05) is 17.8 Å². The lowest BCUT2D eigenvalue weighted by molar-refractivity contribution is -0.139. The molecule has 1 saturated heterocycles. The van der Waals surface area contributed by atoms with E-state index in [-0.39, 0.29) is 18.4 Å². The summed E-state index contributed by atoms with van der Waals surface area (Å²) in [5.74, 6) is -0.989. The summed E-state index contributed by atoms with van der Waals surface area (Å²) in [4.78, 5) is 38.2. The van der Waals surface area contributed by atoms with Crippen molar-refractivity contribution in [1.82, 2.24) is 10.6 Å². The number of hydrogen-bond acceptors (Lipinski definition) is 5. The predicted molar refractivity (Wildman–Crippen MR) is 137 cm³/mol. The minimum Gasteiger partial charge on any atom is -0.480 e. The number of nitrogens with one attached hydrogen (secondary N) is 2. The highest BCUT2D eigenvalue weighted by Gasteiger charge is 2.28. The van der Waals surface area contributed by atoms with E-state index in [0.717, 1.165) is 24.9 Å². The summed E-state index contributed by atoms with van der Waals surface area (Å²) in [5, 5.41) is 25.3. The van der Waals surface area contributed by atoms with E-state index in [2.05, 4.69) is 10.6 Å². The van der Waals surface area contributed by atoms with Crippen LogP contribution in [0.25, 0.3) is 11.1 Å². The zero-order chi connectivity index (χ0) is 23.8. The monoisotopic (exact) mass is 507 g/mol. The maximum Gasteiger partial charge on any atom is 0.412 e. The Bertz CT molecular complexity index is 986. The van der Waals surface area contributed by atoms with Crippen molar-refractivity contribution in [2.75, 3.05) is 30.0 Å². The van der Waals surface area contributed by atoms with E-state index in [0.29, 0.717) is 35.5 Å². The van der Waals surface area contributed by atoms with Gasteiger partial charge in [-0.25, -0.2) is 9.59 Å². The first-order valence-corrected chi connectivity index (χ1v) is 12.3. The van der Waals surface area contributed by atoms with Crippen molar-refractivity contribution in [3.63, 3.8) is 0 Å². The molecule has 0 aliphatic carbocycles. The van der Waals surface area contributed by atoms with Crippen molar-refractivity contribution < 1.29 is 24.6 Å². The molecule has 34 heavy (non-hydrogen) atoms. The number of carboxylic acids is 1. The molecular formula is C24H30ClN3O5S. The number of halogens is 1. The van der Waals surface area contributed by atoms with Gasteiger partial charge in [0.2, 0.25) is 0 Å². The molecule has 0 bridgehead atoms. The van der Waals surface area contributed by atoms with Crippen molar-refractivity contribution in [1.29, 1.82) is 0 Å². The van der Waals surface area contributed by atoms with Crippen LogP contribution in [-0.4, -0.2) is 65.4 Å². The van der Waals surface area contributed by atoms with E-state index in [4.69, 9.17) is 0 Å². The minimum atomic E-state index is -1.09. The number of amides is 2. The number of piperidine rings is 1. The van der Waals surface area contributed by atoms with Crippen LogP contribution in [0, 0.1) is 0 Å². The third-order valence-corrected chi connectivity index (χ3v) is 6.31. The molecule has 1 heterocycles. The second kappa shape index (κ2) is 13.2. The zero-order valence-electron chi connectivity index (χ0n) is 18.9. The van der Waals surface area contributed by atoms with Crippen molar-refractivity contribution in [2.45, 2.75) is 31.3 Å². The lowest BCUT2D eigenvalue weighted by Gasteiger charge is -2.33. The van der Waals surface area contributed by atoms with E-state index < -0.39 is 24.0 Å². The van der Waals surface area contributed by atoms with Crippen molar-refractivity contribution in [3.05, 3.63) is 54.1 Å². The zero-order valence-corrected chi connectivity index (χ0v) is 20.5. The number of carbonyl (C=O) groups excluding carboxylic acids is 1. The molecule has 2 atom stereocenters. The smallest absolute Gasteiger partial charge is 0.412 e. The first kappa shape index (κ1) is 27.5. The van der Waals surface area contributed by atoms with E-state index in [1.54, 1.807) is 18.2 Å². The van der Waals surface area contributed by atoms with Gasteiger partial charge in [0.25, 0.3) is 5.91 Å². The van der Waals surface area contributed by atoms with Crippen molar-refractivity contribution in [2.24, 2.45) is 0 Å². The molecule has 2 aromatic rings. The van der Waals surface area contributed by atoms with Gasteiger partial charge in [-0.3, -0.25) is 9.69 Å². The summed E-state index contributed by atoms with van der Waals surface area (Å²) >= 11 is 1.51. The molecule has 184 valence electrons. The van der Waals surface area contributed by atoms with Gasteiger partial charge in [-0.15, -0.1) is 12.4 Å². The number of nitrogens with zero attached hydrogens (tertiary/aromatic N) is 1. The second-order valence-electron chi connectivity index (χ2n) is 7.89. The molecule has 1 aliphatic heterocycles. The van der Waals surface area contributed by atoms with Gasteiger partial charge in [-0.1, -0.05) is 30.3 Å². The fourth-order valence-corrected chi connectivity index (χ4v) is 4.47. The summed E-state index contributed by atoms with van der Waals surface area (Å²) < 4.78 is 0. The van der Waals surface area contributed by atoms with Crippen LogP contribution in [-0.2, 0) is 4.79 Å². The van der Waals surface area contributed by atoms with Crippen LogP contribution in [0.3, 0.4) is 0 Å². The number of hydrogen-bond donors (Lipinski definition) is 4. The average molecular weight is 508 g/mol. The molecule has 0 spiro atoms. The Balaban J connectivity index is 0.00000408. The van der Waals surface area contributed by atoms with Crippen LogP contribution in [0.2, 0.25) is 0 Å². The fraction of sp³-hybridized carbons (Fsp3) is 0.375. The van der Waals surface area contributed by atoms with Crippen LogP contribution in [0.5, 0.6) is 0 Å². The average Bonchev–Trinajstić information content (AvgIpc) is 2.82. The quantitative estimate of drug-likeness (QED) is 0.405. The molecule has 0 aromatic heterocycles. The van der Waals surface area contributed by atoms with Crippen LogP contribution in [0.1, 0.15) is 29.6 Å². The third-order valence-electron chi connectivity index (χ3n) is 5.67. The lowest BCUT2D eigenvalue weighted by Crippen LogP contribution is -2.48. The van der Waals surface area contributed by atoms with Gasteiger partial charge in [0.15, 0.2) is 0 Å². The Hall–Kier alpha value is -2.75. The summed E-state index contributed by atoms with van der Waals surface area (Å²) in [6.07, 6.45) is 2.76. The van der Waals surface area contributed by atoms with Crippen LogP contribution >= 0.6 is 24.2 Å². The molecular weight excluding hydrogens is 478 g/mol. The van der Waals surface area contributed by atoms with E-state index in [9.17, 15) is 24.6 Å². The maximum atomic E-state index is 13.1. The van der Waals surface area contributed by atoms with Gasteiger partial charge < -0.3 is 20.8 Å². The highest BCUT2D eigenvalue weighted by atomic mass is 35.5.